The van der Waals surface area contributed by atoms with Crippen LogP contribution in [0.4, 0.5) is 5.69 Å². The molecule has 4 nitrogen and oxygen atoms in total. The van der Waals surface area contributed by atoms with Gasteiger partial charge in [0.15, 0.2) is 0 Å². The molecule has 0 unspecified atom stereocenters. The minimum atomic E-state index is -0.120. The summed E-state index contributed by atoms with van der Waals surface area (Å²) < 4.78 is 5.04. The molecule has 0 heterocycles. The van der Waals surface area contributed by atoms with E-state index < -0.39 is 0 Å². The second-order valence-electron chi connectivity index (χ2n) is 3.37. The largest absolute Gasteiger partial charge is 0.372 e. The molecule has 0 aliphatic heterocycles. The first-order valence-corrected chi connectivity index (χ1v) is 5.38. The van der Waals surface area contributed by atoms with E-state index in [-0.39, 0.29) is 12.5 Å². The Bertz CT molecular complexity index is 340. The van der Waals surface area contributed by atoms with Gasteiger partial charge in [-0.2, -0.15) is 0 Å². The molecule has 1 amide bonds. The molecular weight excluding hydrogens is 204 g/mol. The van der Waals surface area contributed by atoms with Crippen molar-refractivity contribution in [1.29, 1.82) is 0 Å². The van der Waals surface area contributed by atoms with E-state index in [4.69, 9.17) is 4.74 Å². The van der Waals surface area contributed by atoms with Crippen molar-refractivity contribution in [2.45, 2.75) is 13.5 Å². The summed E-state index contributed by atoms with van der Waals surface area (Å²) >= 11 is 0. The van der Waals surface area contributed by atoms with Crippen LogP contribution in [0.1, 0.15) is 12.5 Å². The standard InChI is InChI=1S/C12H18N2O2/c1-3-16-9-12(15)14-11-7-5-4-6-10(11)8-13-2/h4-7,13H,3,8-9H2,1-2H3,(H,14,15). The fourth-order valence-electron chi connectivity index (χ4n) is 1.37. The SMILES string of the molecule is CCOCC(=O)Nc1ccccc1CNC. The van der Waals surface area contributed by atoms with Crippen molar-refractivity contribution in [3.05, 3.63) is 29.8 Å². The van der Waals surface area contributed by atoms with Gasteiger partial charge in [-0.05, 0) is 25.6 Å². The molecule has 0 aliphatic carbocycles. The number of nitrogens with one attached hydrogen (secondary N) is 2. The average molecular weight is 222 g/mol. The molecule has 0 saturated carbocycles. The van der Waals surface area contributed by atoms with Crippen LogP contribution in [-0.2, 0) is 16.1 Å². The smallest absolute Gasteiger partial charge is 0.250 e. The van der Waals surface area contributed by atoms with Crippen LogP contribution in [0.5, 0.6) is 0 Å². The number of amides is 1. The van der Waals surface area contributed by atoms with E-state index in [0.717, 1.165) is 17.8 Å². The minimum absolute atomic E-state index is 0.102. The summed E-state index contributed by atoms with van der Waals surface area (Å²) in [7, 11) is 1.87. The first-order chi connectivity index (χ1) is 7.77. The van der Waals surface area contributed by atoms with E-state index in [0.29, 0.717) is 6.61 Å². The first-order valence-electron chi connectivity index (χ1n) is 5.38. The molecule has 0 saturated heterocycles. The Balaban J connectivity index is 2.61. The highest BCUT2D eigenvalue weighted by molar-refractivity contribution is 5.92. The molecule has 1 aromatic rings. The van der Waals surface area contributed by atoms with E-state index >= 15 is 0 Å². The highest BCUT2D eigenvalue weighted by Gasteiger charge is 2.05. The van der Waals surface area contributed by atoms with Crippen LogP contribution < -0.4 is 10.6 Å². The third-order valence-electron chi connectivity index (χ3n) is 2.10. The summed E-state index contributed by atoms with van der Waals surface area (Å²) in [6.45, 7) is 3.24. The number of anilines is 1. The van der Waals surface area contributed by atoms with Crippen LogP contribution >= 0.6 is 0 Å². The lowest BCUT2D eigenvalue weighted by molar-refractivity contribution is -0.120. The van der Waals surface area contributed by atoms with Crippen molar-refractivity contribution >= 4 is 11.6 Å². The van der Waals surface area contributed by atoms with Gasteiger partial charge in [0.25, 0.3) is 0 Å². The van der Waals surface area contributed by atoms with Gasteiger partial charge in [-0.1, -0.05) is 18.2 Å². The molecule has 0 atom stereocenters. The monoisotopic (exact) mass is 222 g/mol. The van der Waals surface area contributed by atoms with Crippen molar-refractivity contribution in [2.24, 2.45) is 0 Å². The van der Waals surface area contributed by atoms with Gasteiger partial charge in [0, 0.05) is 18.8 Å². The number of carbonyl (C=O) groups excluding carboxylic acids is 1. The van der Waals surface area contributed by atoms with Crippen molar-refractivity contribution in [1.82, 2.24) is 5.32 Å². The fourth-order valence-corrected chi connectivity index (χ4v) is 1.37. The average Bonchev–Trinajstić information content (AvgIpc) is 2.29. The Hall–Kier alpha value is -1.39. The van der Waals surface area contributed by atoms with Crippen LogP contribution in [0.2, 0.25) is 0 Å². The van der Waals surface area contributed by atoms with Crippen molar-refractivity contribution < 1.29 is 9.53 Å². The fraction of sp³-hybridized carbons (Fsp3) is 0.417. The van der Waals surface area contributed by atoms with Gasteiger partial charge >= 0.3 is 0 Å². The lowest BCUT2D eigenvalue weighted by Crippen LogP contribution is -2.20. The molecule has 16 heavy (non-hydrogen) atoms. The van der Waals surface area contributed by atoms with Crippen LogP contribution in [0, 0.1) is 0 Å². The Morgan fingerprint density at radius 2 is 2.12 bits per heavy atom. The lowest BCUT2D eigenvalue weighted by atomic mass is 10.2. The number of hydrogen-bond acceptors (Lipinski definition) is 3. The molecule has 0 aromatic heterocycles. The molecule has 4 heteroatoms. The van der Waals surface area contributed by atoms with Crippen LogP contribution in [0.25, 0.3) is 0 Å². The molecule has 1 rings (SSSR count). The van der Waals surface area contributed by atoms with E-state index in [1.54, 1.807) is 0 Å². The quantitative estimate of drug-likeness (QED) is 0.764. The molecule has 0 aliphatic rings. The molecule has 88 valence electrons. The van der Waals surface area contributed by atoms with Gasteiger partial charge < -0.3 is 15.4 Å². The van der Waals surface area contributed by atoms with Crippen molar-refractivity contribution in [3.63, 3.8) is 0 Å². The van der Waals surface area contributed by atoms with E-state index in [2.05, 4.69) is 10.6 Å². The molecule has 0 bridgehead atoms. The maximum Gasteiger partial charge on any atom is 0.250 e. The third-order valence-corrected chi connectivity index (χ3v) is 2.10. The van der Waals surface area contributed by atoms with E-state index in [1.807, 2.05) is 38.2 Å². The normalized spacial score (nSPS) is 10.1. The number of hydrogen-bond donors (Lipinski definition) is 2. The zero-order valence-electron chi connectivity index (χ0n) is 9.75. The van der Waals surface area contributed by atoms with Crippen LogP contribution in [-0.4, -0.2) is 26.2 Å². The first kappa shape index (κ1) is 12.7. The Kier molecular flexibility index (Phi) is 5.53. The molecule has 0 fully saturated rings. The highest BCUT2D eigenvalue weighted by Crippen LogP contribution is 2.14. The van der Waals surface area contributed by atoms with Crippen molar-refractivity contribution in [3.8, 4) is 0 Å². The third kappa shape index (κ3) is 4.00. The highest BCUT2D eigenvalue weighted by atomic mass is 16.5. The molecular formula is C12H18N2O2. The predicted octanol–water partition coefficient (Wildman–Crippen LogP) is 1.38. The maximum atomic E-state index is 11.5. The lowest BCUT2D eigenvalue weighted by Gasteiger charge is -2.10. The van der Waals surface area contributed by atoms with Crippen LogP contribution in [0.15, 0.2) is 24.3 Å². The number of ether oxygens (including phenoxy) is 1. The predicted molar refractivity (Wildman–Crippen MR) is 64.3 cm³/mol. The van der Waals surface area contributed by atoms with Gasteiger partial charge in [0.1, 0.15) is 6.61 Å². The number of benzene rings is 1. The summed E-state index contributed by atoms with van der Waals surface area (Å²) in [6, 6.07) is 7.71. The molecule has 2 N–H and O–H groups in total. The zero-order chi connectivity index (χ0) is 11.8. The van der Waals surface area contributed by atoms with Gasteiger partial charge in [0.05, 0.1) is 0 Å². The van der Waals surface area contributed by atoms with E-state index in [9.17, 15) is 4.79 Å². The number of rotatable bonds is 6. The molecule has 1 aromatic carbocycles. The van der Waals surface area contributed by atoms with Crippen molar-refractivity contribution in [2.75, 3.05) is 25.6 Å². The van der Waals surface area contributed by atoms with Gasteiger partial charge in [0.2, 0.25) is 5.91 Å². The Labute approximate surface area is 96.0 Å². The Morgan fingerprint density at radius 3 is 2.81 bits per heavy atom. The topological polar surface area (TPSA) is 50.4 Å². The number of carbonyl (C=O) groups is 1. The molecule has 0 spiro atoms. The van der Waals surface area contributed by atoms with Crippen LogP contribution in [0.3, 0.4) is 0 Å². The van der Waals surface area contributed by atoms with Gasteiger partial charge in [-0.15, -0.1) is 0 Å². The second-order valence-corrected chi connectivity index (χ2v) is 3.37. The van der Waals surface area contributed by atoms with Gasteiger partial charge in [-0.3, -0.25) is 4.79 Å². The number of para-hydroxylation sites is 1. The minimum Gasteiger partial charge on any atom is -0.372 e. The summed E-state index contributed by atoms with van der Waals surface area (Å²) in [4.78, 5) is 11.5. The summed E-state index contributed by atoms with van der Waals surface area (Å²) in [6.07, 6.45) is 0. The van der Waals surface area contributed by atoms with E-state index in [1.165, 1.54) is 0 Å². The van der Waals surface area contributed by atoms with Gasteiger partial charge in [-0.25, -0.2) is 0 Å². The summed E-state index contributed by atoms with van der Waals surface area (Å²) in [5.74, 6) is -0.120. The molecule has 0 radical (unpaired) electrons. The maximum absolute atomic E-state index is 11.5. The summed E-state index contributed by atoms with van der Waals surface area (Å²) in [5.41, 5.74) is 1.90. The Morgan fingerprint density at radius 1 is 1.38 bits per heavy atom. The second kappa shape index (κ2) is 6.98. The summed E-state index contributed by atoms with van der Waals surface area (Å²) in [5, 5.41) is 5.88. The zero-order valence-corrected chi connectivity index (χ0v) is 9.75.